The molecule has 0 bridgehead atoms. The average Bonchev–Trinajstić information content (AvgIpc) is 2.37. The molecule has 19 heavy (non-hydrogen) atoms. The van der Waals surface area contributed by atoms with Crippen molar-refractivity contribution in [2.24, 2.45) is 5.92 Å². The minimum Gasteiger partial charge on any atom is -0.385 e. The quantitative estimate of drug-likeness (QED) is 0.707. The summed E-state index contributed by atoms with van der Waals surface area (Å²) in [6, 6.07) is -0.692. The minimum atomic E-state index is -0.377. The molecule has 0 aliphatic carbocycles. The smallest absolute Gasteiger partial charge is 0.246 e. The van der Waals surface area contributed by atoms with Crippen molar-refractivity contribution in [3.05, 3.63) is 0 Å². The van der Waals surface area contributed by atoms with Gasteiger partial charge in [0.15, 0.2) is 0 Å². The van der Waals surface area contributed by atoms with Gasteiger partial charge in [-0.1, -0.05) is 20.8 Å². The fraction of sp³-hybridized carbons (Fsp3) is 0.857. The van der Waals surface area contributed by atoms with Crippen LogP contribution in [0.5, 0.6) is 0 Å². The highest BCUT2D eigenvalue weighted by atomic mass is 16.5. The molecule has 2 atom stereocenters. The van der Waals surface area contributed by atoms with E-state index in [1.807, 2.05) is 20.8 Å². The van der Waals surface area contributed by atoms with Crippen molar-refractivity contribution in [3.63, 3.8) is 0 Å². The van der Waals surface area contributed by atoms with E-state index < -0.39 is 0 Å². The van der Waals surface area contributed by atoms with E-state index in [0.717, 1.165) is 12.8 Å². The molecule has 0 aromatic rings. The van der Waals surface area contributed by atoms with Crippen molar-refractivity contribution in [3.8, 4) is 0 Å². The van der Waals surface area contributed by atoms with Gasteiger partial charge in [-0.3, -0.25) is 9.59 Å². The molecule has 2 amide bonds. The first-order chi connectivity index (χ1) is 9.02. The average molecular weight is 270 g/mol. The standard InChI is InChI=1S/C14H26N2O3/c1-5-11-13(17)15-12(10(2)3)14(18)16(11)8-6-7-9-19-4/h10-12H,5-9H2,1-4H3,(H,15,17). The van der Waals surface area contributed by atoms with Crippen LogP contribution in [0.15, 0.2) is 0 Å². The molecule has 0 saturated carbocycles. The lowest BCUT2D eigenvalue weighted by molar-refractivity contribution is -0.150. The zero-order chi connectivity index (χ0) is 14.4. The summed E-state index contributed by atoms with van der Waals surface area (Å²) in [6.45, 7) is 7.18. The Morgan fingerprint density at radius 2 is 2.00 bits per heavy atom. The summed E-state index contributed by atoms with van der Waals surface area (Å²) in [5.41, 5.74) is 0. The van der Waals surface area contributed by atoms with Crippen molar-refractivity contribution in [2.75, 3.05) is 20.3 Å². The third kappa shape index (κ3) is 3.93. The van der Waals surface area contributed by atoms with E-state index in [1.54, 1.807) is 12.0 Å². The van der Waals surface area contributed by atoms with Gasteiger partial charge in [0.25, 0.3) is 0 Å². The van der Waals surface area contributed by atoms with Crippen LogP contribution in [0.3, 0.4) is 0 Å². The highest BCUT2D eigenvalue weighted by molar-refractivity contribution is 5.97. The normalized spacial score (nSPS) is 23.9. The molecule has 1 fully saturated rings. The number of methoxy groups -OCH3 is 1. The predicted octanol–water partition coefficient (Wildman–Crippen LogP) is 1.17. The Morgan fingerprint density at radius 1 is 1.32 bits per heavy atom. The third-order valence-corrected chi connectivity index (χ3v) is 3.58. The molecule has 0 aromatic carbocycles. The van der Waals surface area contributed by atoms with Crippen LogP contribution < -0.4 is 5.32 Å². The Kier molecular flexibility index (Phi) is 6.28. The molecule has 0 spiro atoms. The minimum absolute atomic E-state index is 0.0208. The molecule has 1 heterocycles. The number of rotatable bonds is 7. The zero-order valence-electron chi connectivity index (χ0n) is 12.4. The number of carbonyl (C=O) groups excluding carboxylic acids is 2. The molecule has 0 aromatic heterocycles. The van der Waals surface area contributed by atoms with Gasteiger partial charge in [0, 0.05) is 20.3 Å². The van der Waals surface area contributed by atoms with Crippen LogP contribution in [-0.4, -0.2) is 49.1 Å². The third-order valence-electron chi connectivity index (χ3n) is 3.58. The van der Waals surface area contributed by atoms with Gasteiger partial charge >= 0.3 is 0 Å². The SMILES string of the molecule is CCC1C(=O)NC(C(C)C)C(=O)N1CCCCOC. The highest BCUT2D eigenvalue weighted by Crippen LogP contribution is 2.18. The van der Waals surface area contributed by atoms with Crippen LogP contribution in [0.4, 0.5) is 0 Å². The van der Waals surface area contributed by atoms with Crippen LogP contribution in [0.2, 0.25) is 0 Å². The molecule has 5 heteroatoms. The van der Waals surface area contributed by atoms with Crippen molar-refractivity contribution in [1.29, 1.82) is 0 Å². The summed E-state index contributed by atoms with van der Waals surface area (Å²) >= 11 is 0. The van der Waals surface area contributed by atoms with Crippen molar-refractivity contribution in [1.82, 2.24) is 10.2 Å². The number of nitrogens with one attached hydrogen (secondary N) is 1. The topological polar surface area (TPSA) is 58.6 Å². The Balaban J connectivity index is 2.69. The summed E-state index contributed by atoms with van der Waals surface area (Å²) in [4.78, 5) is 26.2. The molecule has 1 aliphatic rings. The predicted molar refractivity (Wildman–Crippen MR) is 73.7 cm³/mol. The van der Waals surface area contributed by atoms with E-state index >= 15 is 0 Å². The second-order valence-corrected chi connectivity index (χ2v) is 5.39. The van der Waals surface area contributed by atoms with Crippen molar-refractivity contribution in [2.45, 2.75) is 52.1 Å². The first-order valence-electron chi connectivity index (χ1n) is 7.12. The van der Waals surface area contributed by atoms with Gasteiger partial charge in [-0.2, -0.15) is 0 Å². The number of carbonyl (C=O) groups is 2. The van der Waals surface area contributed by atoms with Crippen LogP contribution in [0.1, 0.15) is 40.0 Å². The lowest BCUT2D eigenvalue weighted by Crippen LogP contribution is -2.64. The Labute approximate surface area is 115 Å². The Morgan fingerprint density at radius 3 is 2.53 bits per heavy atom. The van der Waals surface area contributed by atoms with Gasteiger partial charge < -0.3 is 15.0 Å². The fourth-order valence-electron chi connectivity index (χ4n) is 2.44. The fourth-order valence-corrected chi connectivity index (χ4v) is 2.44. The van der Waals surface area contributed by atoms with Crippen LogP contribution in [0, 0.1) is 5.92 Å². The second-order valence-electron chi connectivity index (χ2n) is 5.39. The number of amides is 2. The molecular weight excluding hydrogens is 244 g/mol. The van der Waals surface area contributed by atoms with E-state index in [1.165, 1.54) is 0 Å². The van der Waals surface area contributed by atoms with Gasteiger partial charge in [-0.15, -0.1) is 0 Å². The molecule has 1 rings (SSSR count). The molecule has 110 valence electrons. The number of nitrogens with zero attached hydrogens (tertiary/aromatic N) is 1. The van der Waals surface area contributed by atoms with Gasteiger partial charge in [0.1, 0.15) is 12.1 Å². The van der Waals surface area contributed by atoms with Gasteiger partial charge in [-0.25, -0.2) is 0 Å². The lowest BCUT2D eigenvalue weighted by Gasteiger charge is -2.40. The van der Waals surface area contributed by atoms with Gasteiger partial charge in [-0.05, 0) is 25.2 Å². The maximum absolute atomic E-state index is 12.4. The van der Waals surface area contributed by atoms with E-state index in [0.29, 0.717) is 19.6 Å². The lowest BCUT2D eigenvalue weighted by atomic mass is 9.96. The van der Waals surface area contributed by atoms with Gasteiger partial charge in [0.05, 0.1) is 0 Å². The molecule has 2 unspecified atom stereocenters. The molecule has 0 radical (unpaired) electrons. The number of hydrogen-bond acceptors (Lipinski definition) is 3. The first-order valence-corrected chi connectivity index (χ1v) is 7.12. The molecule has 1 saturated heterocycles. The van der Waals surface area contributed by atoms with Crippen molar-refractivity contribution >= 4 is 11.8 Å². The van der Waals surface area contributed by atoms with Crippen LogP contribution >= 0.6 is 0 Å². The van der Waals surface area contributed by atoms with E-state index in [9.17, 15) is 9.59 Å². The molecule has 5 nitrogen and oxygen atoms in total. The summed E-state index contributed by atoms with van der Waals surface area (Å²) in [6.07, 6.45) is 2.44. The monoisotopic (exact) mass is 270 g/mol. The number of piperazine rings is 1. The van der Waals surface area contributed by atoms with Crippen LogP contribution in [0.25, 0.3) is 0 Å². The van der Waals surface area contributed by atoms with E-state index in [4.69, 9.17) is 4.74 Å². The second kappa shape index (κ2) is 7.48. The Bertz CT molecular complexity index is 318. The Hall–Kier alpha value is -1.10. The summed E-state index contributed by atoms with van der Waals surface area (Å²) in [7, 11) is 1.67. The number of ether oxygens (including phenoxy) is 1. The van der Waals surface area contributed by atoms with Gasteiger partial charge in [0.2, 0.25) is 11.8 Å². The molecular formula is C14H26N2O3. The number of unbranched alkanes of at least 4 members (excludes halogenated alkanes) is 1. The van der Waals surface area contributed by atoms with Crippen molar-refractivity contribution < 1.29 is 14.3 Å². The number of hydrogen-bond donors (Lipinski definition) is 1. The van der Waals surface area contributed by atoms with Crippen LogP contribution in [-0.2, 0) is 14.3 Å². The first kappa shape index (κ1) is 16.0. The van der Waals surface area contributed by atoms with E-state index in [-0.39, 0.29) is 29.8 Å². The summed E-state index contributed by atoms with van der Waals surface area (Å²) in [5.74, 6) is 0.155. The summed E-state index contributed by atoms with van der Waals surface area (Å²) < 4.78 is 5.01. The maximum Gasteiger partial charge on any atom is 0.246 e. The summed E-state index contributed by atoms with van der Waals surface area (Å²) in [5, 5.41) is 2.84. The zero-order valence-corrected chi connectivity index (χ0v) is 12.4. The van der Waals surface area contributed by atoms with E-state index in [2.05, 4.69) is 5.32 Å². The molecule has 1 aliphatic heterocycles. The molecule has 1 N–H and O–H groups in total. The highest BCUT2D eigenvalue weighted by Gasteiger charge is 2.40. The maximum atomic E-state index is 12.4. The largest absolute Gasteiger partial charge is 0.385 e.